The quantitative estimate of drug-likeness (QED) is 0.282. The van der Waals surface area contributed by atoms with Crippen LogP contribution in [0.5, 0.6) is 0 Å². The highest BCUT2D eigenvalue weighted by atomic mass is 32.2. The second-order valence-electron chi connectivity index (χ2n) is 7.83. The summed E-state index contributed by atoms with van der Waals surface area (Å²) in [7, 11) is -1.97. The molecule has 0 saturated carbocycles. The molecule has 0 radical (unpaired) electrons. The molecule has 0 amide bonds. The lowest BCUT2D eigenvalue weighted by molar-refractivity contribution is -0.141. The van der Waals surface area contributed by atoms with Crippen LogP contribution in [0.1, 0.15) is 15.9 Å². The second kappa shape index (κ2) is 10.5. The van der Waals surface area contributed by atoms with Crippen LogP contribution in [0, 0.1) is 0 Å². The van der Waals surface area contributed by atoms with Gasteiger partial charge in [0.05, 0.1) is 11.3 Å². The number of ether oxygens (including phenoxy) is 1. The molecule has 178 valence electrons. The lowest BCUT2D eigenvalue weighted by atomic mass is 10.0. The van der Waals surface area contributed by atoms with E-state index in [0.717, 1.165) is 27.6 Å². The molecule has 1 N–H and O–H groups in total. The SMILES string of the molecule is Cn1c(-c2ccccc2)c(C(=O)COC(=O)CNS(=O)(=O)C=Cc2ccccc2)c2ccccc21. The van der Waals surface area contributed by atoms with Crippen LogP contribution in [-0.4, -0.2) is 37.9 Å². The first kappa shape index (κ1) is 24.1. The molecule has 4 rings (SSSR count). The number of aryl methyl sites for hydroxylation is 1. The van der Waals surface area contributed by atoms with Crippen molar-refractivity contribution in [2.45, 2.75) is 0 Å². The Balaban J connectivity index is 1.45. The van der Waals surface area contributed by atoms with E-state index in [9.17, 15) is 18.0 Å². The molecule has 7 nitrogen and oxygen atoms in total. The molecule has 0 fully saturated rings. The first-order valence-corrected chi connectivity index (χ1v) is 12.4. The van der Waals surface area contributed by atoms with E-state index in [-0.39, 0.29) is 5.78 Å². The Morgan fingerprint density at radius 3 is 2.26 bits per heavy atom. The van der Waals surface area contributed by atoms with Gasteiger partial charge in [-0.15, -0.1) is 0 Å². The number of esters is 1. The number of Topliss-reactive ketones (excluding diaryl/α,β-unsaturated/α-hetero) is 1. The van der Waals surface area contributed by atoms with Gasteiger partial charge >= 0.3 is 5.97 Å². The van der Waals surface area contributed by atoms with Crippen LogP contribution in [0.2, 0.25) is 0 Å². The molecule has 35 heavy (non-hydrogen) atoms. The number of nitrogens with one attached hydrogen (secondary N) is 1. The Morgan fingerprint density at radius 1 is 0.914 bits per heavy atom. The largest absolute Gasteiger partial charge is 0.456 e. The number of hydrogen-bond donors (Lipinski definition) is 1. The molecule has 0 aliphatic carbocycles. The summed E-state index contributed by atoms with van der Waals surface area (Å²) in [4.78, 5) is 25.4. The Morgan fingerprint density at radius 2 is 1.54 bits per heavy atom. The topological polar surface area (TPSA) is 94.5 Å². The van der Waals surface area contributed by atoms with Crippen molar-refractivity contribution in [1.29, 1.82) is 0 Å². The zero-order chi connectivity index (χ0) is 24.8. The summed E-state index contributed by atoms with van der Waals surface area (Å²) >= 11 is 0. The summed E-state index contributed by atoms with van der Waals surface area (Å²) in [6, 6.07) is 25.9. The minimum absolute atomic E-state index is 0.374. The number of ketones is 1. The van der Waals surface area contributed by atoms with Crippen molar-refractivity contribution < 1.29 is 22.7 Å². The fourth-order valence-corrected chi connectivity index (χ4v) is 4.57. The zero-order valence-corrected chi connectivity index (χ0v) is 19.9. The van der Waals surface area contributed by atoms with Gasteiger partial charge in [-0.1, -0.05) is 78.9 Å². The van der Waals surface area contributed by atoms with E-state index in [1.54, 1.807) is 24.3 Å². The summed E-state index contributed by atoms with van der Waals surface area (Å²) in [5.41, 5.74) is 3.61. The summed E-state index contributed by atoms with van der Waals surface area (Å²) < 4.78 is 33.5. The standard InChI is InChI=1S/C27H24N2O5S/c1-29-23-15-9-8-14-22(23)26(27(29)21-12-6-3-7-13-21)24(30)19-34-25(31)18-28-35(32,33)17-16-20-10-4-2-5-11-20/h2-17,28H,18-19H2,1H3. The smallest absolute Gasteiger partial charge is 0.321 e. The molecule has 8 heteroatoms. The number of carbonyl (C=O) groups is 2. The van der Waals surface area contributed by atoms with Crippen molar-refractivity contribution >= 4 is 38.8 Å². The number of sulfonamides is 1. The molecule has 0 aliphatic rings. The van der Waals surface area contributed by atoms with Gasteiger partial charge in [-0.3, -0.25) is 9.59 Å². The van der Waals surface area contributed by atoms with E-state index >= 15 is 0 Å². The molecule has 0 spiro atoms. The number of fused-ring (bicyclic) bond motifs is 1. The van der Waals surface area contributed by atoms with Gasteiger partial charge in [0.1, 0.15) is 6.54 Å². The van der Waals surface area contributed by atoms with E-state index in [4.69, 9.17) is 4.74 Å². The Kier molecular flexibility index (Phi) is 7.24. The van der Waals surface area contributed by atoms with Crippen molar-refractivity contribution in [2.75, 3.05) is 13.2 Å². The fraction of sp³-hybridized carbons (Fsp3) is 0.111. The van der Waals surface area contributed by atoms with Crippen molar-refractivity contribution in [3.63, 3.8) is 0 Å². The summed E-state index contributed by atoms with van der Waals surface area (Å²) in [5, 5.41) is 1.73. The van der Waals surface area contributed by atoms with Crippen LogP contribution in [0.15, 0.2) is 90.3 Å². The molecule has 1 aromatic heterocycles. The van der Waals surface area contributed by atoms with Gasteiger partial charge in [0, 0.05) is 23.4 Å². The predicted molar refractivity (Wildman–Crippen MR) is 136 cm³/mol. The van der Waals surface area contributed by atoms with Gasteiger partial charge in [-0.05, 0) is 23.3 Å². The molecule has 0 bridgehead atoms. The lowest BCUT2D eigenvalue weighted by Gasteiger charge is -2.09. The Bertz CT molecular complexity index is 1490. The van der Waals surface area contributed by atoms with Crippen LogP contribution in [-0.2, 0) is 26.6 Å². The summed E-state index contributed by atoms with van der Waals surface area (Å²) in [6.07, 6.45) is 1.42. The van der Waals surface area contributed by atoms with Gasteiger partial charge in [0.25, 0.3) is 0 Å². The predicted octanol–water partition coefficient (Wildman–Crippen LogP) is 4.16. The maximum atomic E-state index is 13.2. The van der Waals surface area contributed by atoms with Crippen molar-refractivity contribution in [3.8, 4) is 11.3 Å². The fourth-order valence-electron chi connectivity index (χ4n) is 3.82. The maximum Gasteiger partial charge on any atom is 0.321 e. The Labute approximate surface area is 203 Å². The number of hydrogen-bond acceptors (Lipinski definition) is 5. The minimum Gasteiger partial charge on any atom is -0.456 e. The van der Waals surface area contributed by atoms with Gasteiger partial charge in [0.2, 0.25) is 15.8 Å². The van der Waals surface area contributed by atoms with Crippen molar-refractivity contribution in [1.82, 2.24) is 9.29 Å². The highest BCUT2D eigenvalue weighted by Crippen LogP contribution is 2.33. The van der Waals surface area contributed by atoms with Crippen LogP contribution >= 0.6 is 0 Å². The molecular formula is C27H24N2O5S. The van der Waals surface area contributed by atoms with Crippen molar-refractivity contribution in [2.24, 2.45) is 7.05 Å². The number of rotatable bonds is 9. The maximum absolute atomic E-state index is 13.2. The molecule has 0 aliphatic heterocycles. The highest BCUT2D eigenvalue weighted by molar-refractivity contribution is 7.92. The van der Waals surface area contributed by atoms with Crippen LogP contribution in [0.4, 0.5) is 0 Å². The third-order valence-electron chi connectivity index (χ3n) is 5.45. The molecule has 0 unspecified atom stereocenters. The third kappa shape index (κ3) is 5.74. The number of nitrogens with zero attached hydrogens (tertiary/aromatic N) is 1. The van der Waals surface area contributed by atoms with Gasteiger partial charge < -0.3 is 9.30 Å². The van der Waals surface area contributed by atoms with E-state index < -0.39 is 29.1 Å². The van der Waals surface area contributed by atoms with E-state index in [2.05, 4.69) is 4.72 Å². The summed E-state index contributed by atoms with van der Waals surface area (Å²) in [5.74, 6) is -1.22. The first-order valence-electron chi connectivity index (χ1n) is 10.9. The highest BCUT2D eigenvalue weighted by Gasteiger charge is 2.23. The number of para-hydroxylation sites is 1. The van der Waals surface area contributed by atoms with Crippen LogP contribution in [0.25, 0.3) is 28.2 Å². The minimum atomic E-state index is -3.85. The normalized spacial score (nSPS) is 11.7. The molecular weight excluding hydrogens is 464 g/mol. The van der Waals surface area contributed by atoms with Gasteiger partial charge in [-0.2, -0.15) is 0 Å². The van der Waals surface area contributed by atoms with Crippen LogP contribution in [0.3, 0.4) is 0 Å². The van der Waals surface area contributed by atoms with E-state index in [1.165, 1.54) is 6.08 Å². The Hall–Kier alpha value is -4.01. The number of benzene rings is 3. The first-order chi connectivity index (χ1) is 16.9. The van der Waals surface area contributed by atoms with Crippen molar-refractivity contribution in [3.05, 3.63) is 101 Å². The molecule has 0 atom stereocenters. The third-order valence-corrected chi connectivity index (χ3v) is 6.50. The zero-order valence-electron chi connectivity index (χ0n) is 19.0. The average molecular weight is 489 g/mol. The molecule has 1 heterocycles. The monoisotopic (exact) mass is 488 g/mol. The molecule has 4 aromatic rings. The second-order valence-corrected chi connectivity index (χ2v) is 9.48. The van der Waals surface area contributed by atoms with E-state index in [1.807, 2.05) is 72.3 Å². The summed E-state index contributed by atoms with van der Waals surface area (Å²) in [6.45, 7) is -1.09. The number of carbonyl (C=O) groups excluding carboxylic acids is 2. The van der Waals surface area contributed by atoms with Gasteiger partial charge in [-0.25, -0.2) is 13.1 Å². The van der Waals surface area contributed by atoms with E-state index in [0.29, 0.717) is 11.1 Å². The molecule has 3 aromatic carbocycles. The van der Waals surface area contributed by atoms with Crippen LogP contribution < -0.4 is 4.72 Å². The lowest BCUT2D eigenvalue weighted by Crippen LogP contribution is -2.30. The number of aromatic nitrogens is 1. The van der Waals surface area contributed by atoms with Gasteiger partial charge in [0.15, 0.2) is 6.61 Å². The average Bonchev–Trinajstić information content (AvgIpc) is 3.18. The molecule has 0 saturated heterocycles.